The van der Waals surface area contributed by atoms with Crippen LogP contribution in [0, 0.1) is 11.6 Å². The number of benzene rings is 1. The lowest BCUT2D eigenvalue weighted by Crippen LogP contribution is -2.11. The lowest BCUT2D eigenvalue weighted by Gasteiger charge is -2.05. The van der Waals surface area contributed by atoms with Gasteiger partial charge in [-0.2, -0.15) is 0 Å². The maximum atomic E-state index is 13.0. The average molecular weight is 309 g/mol. The number of carboxylic acids is 1. The van der Waals surface area contributed by atoms with Crippen molar-refractivity contribution < 1.29 is 23.5 Å². The molecule has 0 spiro atoms. The molecule has 2 aromatic rings. The monoisotopic (exact) mass is 309 g/mol. The highest BCUT2D eigenvalue weighted by atomic mass is 32.1. The van der Waals surface area contributed by atoms with Crippen molar-refractivity contribution in [2.75, 3.05) is 5.32 Å². The second kappa shape index (κ2) is 6.27. The van der Waals surface area contributed by atoms with Crippen LogP contribution in [-0.2, 0) is 4.79 Å². The predicted octanol–water partition coefficient (Wildman–Crippen LogP) is 3.38. The number of anilines is 1. The molecule has 0 aliphatic rings. The van der Waals surface area contributed by atoms with E-state index in [1.807, 2.05) is 0 Å². The molecule has 2 N–H and O–H groups in total. The number of thiophene rings is 1. The smallest absolute Gasteiger partial charge is 0.328 e. The summed E-state index contributed by atoms with van der Waals surface area (Å²) >= 11 is 1.09. The molecule has 0 aliphatic heterocycles. The van der Waals surface area contributed by atoms with Crippen molar-refractivity contribution in [2.45, 2.75) is 0 Å². The van der Waals surface area contributed by atoms with Gasteiger partial charge in [0.2, 0.25) is 0 Å². The Hall–Kier alpha value is -2.54. The van der Waals surface area contributed by atoms with Gasteiger partial charge in [0.25, 0.3) is 5.91 Å². The molecule has 7 heteroatoms. The zero-order chi connectivity index (χ0) is 15.4. The van der Waals surface area contributed by atoms with E-state index in [2.05, 4.69) is 5.32 Å². The molecule has 21 heavy (non-hydrogen) atoms. The van der Waals surface area contributed by atoms with E-state index in [1.54, 1.807) is 11.4 Å². The third kappa shape index (κ3) is 3.96. The van der Waals surface area contributed by atoms with E-state index >= 15 is 0 Å². The fourth-order valence-electron chi connectivity index (χ4n) is 1.61. The van der Waals surface area contributed by atoms with Gasteiger partial charge in [0.1, 0.15) is 11.6 Å². The number of rotatable bonds is 4. The van der Waals surface area contributed by atoms with Gasteiger partial charge in [-0.25, -0.2) is 13.6 Å². The van der Waals surface area contributed by atoms with Gasteiger partial charge in [-0.3, -0.25) is 4.79 Å². The number of carbonyl (C=O) groups is 2. The molecular formula is C14H9F2NO3S. The summed E-state index contributed by atoms with van der Waals surface area (Å²) in [6, 6.07) is 4.25. The van der Waals surface area contributed by atoms with Crippen molar-refractivity contribution in [3.05, 3.63) is 57.8 Å². The van der Waals surface area contributed by atoms with Crippen LogP contribution in [0.2, 0.25) is 0 Å². The molecule has 1 amide bonds. The van der Waals surface area contributed by atoms with Gasteiger partial charge in [0.05, 0.1) is 4.88 Å². The molecule has 0 saturated carbocycles. The van der Waals surface area contributed by atoms with Crippen LogP contribution in [-0.4, -0.2) is 17.0 Å². The fourth-order valence-corrected chi connectivity index (χ4v) is 2.39. The van der Waals surface area contributed by atoms with Crippen LogP contribution < -0.4 is 5.32 Å². The number of carbonyl (C=O) groups excluding carboxylic acids is 1. The molecule has 0 radical (unpaired) electrons. The lowest BCUT2D eigenvalue weighted by molar-refractivity contribution is -0.131. The van der Waals surface area contributed by atoms with E-state index in [-0.39, 0.29) is 10.6 Å². The van der Waals surface area contributed by atoms with E-state index in [1.165, 1.54) is 6.08 Å². The Labute approximate surface area is 122 Å². The molecule has 1 heterocycles. The second-order valence-corrected chi connectivity index (χ2v) is 4.91. The first-order valence-corrected chi connectivity index (χ1v) is 6.59. The van der Waals surface area contributed by atoms with E-state index in [0.717, 1.165) is 29.5 Å². The molecule has 4 nitrogen and oxygen atoms in total. The third-order valence-corrected chi connectivity index (χ3v) is 3.36. The number of halogens is 2. The van der Waals surface area contributed by atoms with Gasteiger partial charge >= 0.3 is 5.97 Å². The van der Waals surface area contributed by atoms with Crippen molar-refractivity contribution in [1.82, 2.24) is 0 Å². The fraction of sp³-hybridized carbons (Fsp3) is 0. The van der Waals surface area contributed by atoms with Crippen LogP contribution in [0.4, 0.5) is 14.5 Å². The Kier molecular flexibility index (Phi) is 4.44. The first-order valence-electron chi connectivity index (χ1n) is 5.71. The van der Waals surface area contributed by atoms with Crippen molar-refractivity contribution in [3.63, 3.8) is 0 Å². The minimum atomic E-state index is -1.14. The molecule has 108 valence electrons. The quantitative estimate of drug-likeness (QED) is 0.851. The van der Waals surface area contributed by atoms with Gasteiger partial charge in [-0.15, -0.1) is 11.3 Å². The molecule has 2 rings (SSSR count). The minimum Gasteiger partial charge on any atom is -0.478 e. The van der Waals surface area contributed by atoms with Crippen LogP contribution in [0.1, 0.15) is 15.2 Å². The summed E-state index contributed by atoms with van der Waals surface area (Å²) in [5, 5.41) is 12.5. The van der Waals surface area contributed by atoms with Gasteiger partial charge < -0.3 is 10.4 Å². The Bertz CT molecular complexity index is 705. The highest BCUT2D eigenvalue weighted by Gasteiger charge is 2.13. The molecule has 1 aromatic heterocycles. The Morgan fingerprint density at radius 2 is 1.86 bits per heavy atom. The van der Waals surface area contributed by atoms with Crippen LogP contribution in [0.5, 0.6) is 0 Å². The summed E-state index contributed by atoms with van der Waals surface area (Å²) in [5.41, 5.74) is 0.399. The van der Waals surface area contributed by atoms with Crippen LogP contribution in [0.3, 0.4) is 0 Å². The number of nitrogens with one attached hydrogen (secondary N) is 1. The van der Waals surface area contributed by atoms with Crippen LogP contribution in [0.25, 0.3) is 6.08 Å². The van der Waals surface area contributed by atoms with Crippen molar-refractivity contribution in [1.29, 1.82) is 0 Å². The number of hydrogen-bond acceptors (Lipinski definition) is 3. The molecule has 0 aliphatic carbocycles. The number of amides is 1. The minimum absolute atomic E-state index is 0.0148. The second-order valence-electron chi connectivity index (χ2n) is 3.99. The van der Waals surface area contributed by atoms with E-state index in [4.69, 9.17) is 5.11 Å². The normalized spacial score (nSPS) is 10.8. The first kappa shape index (κ1) is 14.9. The van der Waals surface area contributed by atoms with Crippen molar-refractivity contribution in [2.24, 2.45) is 0 Å². The van der Waals surface area contributed by atoms with Crippen molar-refractivity contribution >= 4 is 35.0 Å². The summed E-state index contributed by atoms with van der Waals surface area (Å²) in [4.78, 5) is 22.8. The standard InChI is InChI=1S/C14H9F2NO3S/c15-9-5-10(16)7-11(6-9)17-14(20)13-8(3-4-21-13)1-2-12(18)19/h1-7H,(H,17,20)(H,18,19). The SMILES string of the molecule is O=C(O)C=Cc1ccsc1C(=O)Nc1cc(F)cc(F)c1. The van der Waals surface area contributed by atoms with Crippen molar-refractivity contribution in [3.8, 4) is 0 Å². The Morgan fingerprint density at radius 3 is 2.48 bits per heavy atom. The maximum Gasteiger partial charge on any atom is 0.328 e. The summed E-state index contributed by atoms with van der Waals surface area (Å²) in [7, 11) is 0. The molecule has 1 aromatic carbocycles. The Morgan fingerprint density at radius 1 is 1.19 bits per heavy atom. The molecule has 0 fully saturated rings. The van der Waals surface area contributed by atoms with E-state index < -0.39 is 23.5 Å². The largest absolute Gasteiger partial charge is 0.478 e. The highest BCUT2D eigenvalue weighted by Crippen LogP contribution is 2.21. The van der Waals surface area contributed by atoms with E-state index in [9.17, 15) is 18.4 Å². The molecule has 0 bridgehead atoms. The Balaban J connectivity index is 2.21. The average Bonchev–Trinajstić information content (AvgIpc) is 2.83. The zero-order valence-corrected chi connectivity index (χ0v) is 11.3. The van der Waals surface area contributed by atoms with Gasteiger partial charge in [0.15, 0.2) is 0 Å². The molecule has 0 atom stereocenters. The third-order valence-electron chi connectivity index (χ3n) is 2.43. The molecule has 0 unspecified atom stereocenters. The lowest BCUT2D eigenvalue weighted by atomic mass is 10.2. The van der Waals surface area contributed by atoms with Gasteiger partial charge in [0, 0.05) is 17.8 Å². The van der Waals surface area contributed by atoms with Gasteiger partial charge in [-0.05, 0) is 35.2 Å². The topological polar surface area (TPSA) is 66.4 Å². The first-order chi connectivity index (χ1) is 9.95. The number of carboxylic acid groups (broad SMARTS) is 1. The summed E-state index contributed by atoms with van der Waals surface area (Å²) < 4.78 is 26.1. The zero-order valence-electron chi connectivity index (χ0n) is 10.5. The summed E-state index contributed by atoms with van der Waals surface area (Å²) in [6.07, 6.45) is 2.18. The van der Waals surface area contributed by atoms with E-state index in [0.29, 0.717) is 11.6 Å². The summed E-state index contributed by atoms with van der Waals surface area (Å²) in [6.45, 7) is 0. The van der Waals surface area contributed by atoms with Crippen LogP contribution >= 0.6 is 11.3 Å². The number of aliphatic carboxylic acids is 1. The maximum absolute atomic E-state index is 13.0. The highest BCUT2D eigenvalue weighted by molar-refractivity contribution is 7.12. The molecule has 0 saturated heterocycles. The van der Waals surface area contributed by atoms with Crippen LogP contribution in [0.15, 0.2) is 35.7 Å². The van der Waals surface area contributed by atoms with Gasteiger partial charge in [-0.1, -0.05) is 0 Å². The molecular weight excluding hydrogens is 300 g/mol. The summed E-state index contributed by atoms with van der Waals surface area (Å²) in [5.74, 6) is -3.32. The number of hydrogen-bond donors (Lipinski definition) is 2. The predicted molar refractivity (Wildman–Crippen MR) is 75.3 cm³/mol.